The number of rotatable bonds is 3. The second-order valence-corrected chi connectivity index (χ2v) is 4.90. The summed E-state index contributed by atoms with van der Waals surface area (Å²) >= 11 is 0. The molecule has 104 valence electrons. The van der Waals surface area contributed by atoms with Crippen LogP contribution >= 0.6 is 0 Å². The number of nitrogens with zero attached hydrogens (tertiary/aromatic N) is 2. The molecule has 1 fully saturated rings. The average molecular weight is 263 g/mol. The van der Waals surface area contributed by atoms with E-state index in [1.807, 2.05) is 26.1 Å². The van der Waals surface area contributed by atoms with E-state index >= 15 is 0 Å². The third-order valence-corrected chi connectivity index (χ3v) is 3.64. The molecule has 5 nitrogen and oxygen atoms in total. The number of aromatic nitrogens is 1. The Labute approximate surface area is 114 Å². The lowest BCUT2D eigenvalue weighted by atomic mass is 10.1. The molecular formula is C14H21N3O2. The van der Waals surface area contributed by atoms with Crippen LogP contribution in [-0.4, -0.2) is 42.2 Å². The van der Waals surface area contributed by atoms with E-state index in [9.17, 15) is 4.79 Å². The predicted octanol–water partition coefficient (Wildman–Crippen LogP) is 1.96. The number of amides is 2. The van der Waals surface area contributed by atoms with Crippen LogP contribution in [0.4, 0.5) is 4.79 Å². The molecule has 0 bridgehead atoms. The normalized spacial score (nSPS) is 17.8. The maximum atomic E-state index is 12.2. The number of carbonyl (C=O) groups excluding carboxylic acids is 1. The summed E-state index contributed by atoms with van der Waals surface area (Å²) in [6.45, 7) is 3.47. The summed E-state index contributed by atoms with van der Waals surface area (Å²) in [5, 5.41) is 3.06. The topological polar surface area (TPSA) is 54.5 Å². The number of ether oxygens (including phenoxy) is 1. The molecule has 19 heavy (non-hydrogen) atoms. The second kappa shape index (κ2) is 6.52. The van der Waals surface area contributed by atoms with E-state index in [-0.39, 0.29) is 18.1 Å². The summed E-state index contributed by atoms with van der Waals surface area (Å²) in [7, 11) is 1.82. The predicted molar refractivity (Wildman–Crippen MR) is 72.8 cm³/mol. The average Bonchev–Trinajstić information content (AvgIpc) is 2.47. The Hall–Kier alpha value is -1.62. The number of urea groups is 1. The Balaban J connectivity index is 1.91. The van der Waals surface area contributed by atoms with Gasteiger partial charge in [0.25, 0.3) is 0 Å². The fourth-order valence-electron chi connectivity index (χ4n) is 2.16. The third kappa shape index (κ3) is 3.67. The van der Waals surface area contributed by atoms with Crippen LogP contribution in [0.1, 0.15) is 31.4 Å². The molecule has 0 aliphatic carbocycles. The SMILES string of the molecule is CC(c1ccncc1)N(C)C(=O)NC1CCOCC1. The molecule has 0 aromatic carbocycles. The van der Waals surface area contributed by atoms with Crippen molar-refractivity contribution in [3.05, 3.63) is 30.1 Å². The van der Waals surface area contributed by atoms with Crippen LogP contribution in [-0.2, 0) is 4.74 Å². The summed E-state index contributed by atoms with van der Waals surface area (Å²) in [4.78, 5) is 17.9. The first-order valence-electron chi connectivity index (χ1n) is 6.69. The van der Waals surface area contributed by atoms with Crippen LogP contribution in [0.2, 0.25) is 0 Å². The third-order valence-electron chi connectivity index (χ3n) is 3.64. The molecule has 2 heterocycles. The van der Waals surface area contributed by atoms with Crippen LogP contribution in [0.25, 0.3) is 0 Å². The number of carbonyl (C=O) groups is 1. The lowest BCUT2D eigenvalue weighted by molar-refractivity contribution is 0.0779. The summed E-state index contributed by atoms with van der Waals surface area (Å²) < 4.78 is 5.29. The van der Waals surface area contributed by atoms with Crippen molar-refractivity contribution in [1.29, 1.82) is 0 Å². The molecule has 5 heteroatoms. The fourth-order valence-corrected chi connectivity index (χ4v) is 2.16. The van der Waals surface area contributed by atoms with Crippen LogP contribution in [0.3, 0.4) is 0 Å². The van der Waals surface area contributed by atoms with Gasteiger partial charge in [-0.15, -0.1) is 0 Å². The molecular weight excluding hydrogens is 242 g/mol. The molecule has 2 rings (SSSR count). The van der Waals surface area contributed by atoms with Gasteiger partial charge in [0.2, 0.25) is 0 Å². The van der Waals surface area contributed by atoms with E-state index in [0.717, 1.165) is 31.6 Å². The molecule has 2 amide bonds. The summed E-state index contributed by atoms with van der Waals surface area (Å²) in [5.74, 6) is 0. The van der Waals surface area contributed by atoms with Crippen molar-refractivity contribution in [3.63, 3.8) is 0 Å². The maximum absolute atomic E-state index is 12.2. The highest BCUT2D eigenvalue weighted by Crippen LogP contribution is 2.18. The Kier molecular flexibility index (Phi) is 4.74. The zero-order chi connectivity index (χ0) is 13.7. The second-order valence-electron chi connectivity index (χ2n) is 4.90. The minimum absolute atomic E-state index is 0.0304. The molecule has 1 aromatic heterocycles. The van der Waals surface area contributed by atoms with Crippen molar-refractivity contribution in [3.8, 4) is 0 Å². The van der Waals surface area contributed by atoms with Crippen molar-refractivity contribution >= 4 is 6.03 Å². The van der Waals surface area contributed by atoms with Gasteiger partial charge in [0, 0.05) is 38.7 Å². The lowest BCUT2D eigenvalue weighted by Crippen LogP contribution is -2.45. The van der Waals surface area contributed by atoms with E-state index in [4.69, 9.17) is 4.74 Å². The van der Waals surface area contributed by atoms with Gasteiger partial charge in [0.1, 0.15) is 0 Å². The van der Waals surface area contributed by atoms with Crippen LogP contribution in [0.15, 0.2) is 24.5 Å². The fraction of sp³-hybridized carbons (Fsp3) is 0.571. The van der Waals surface area contributed by atoms with Gasteiger partial charge >= 0.3 is 6.03 Å². The van der Waals surface area contributed by atoms with E-state index in [2.05, 4.69) is 10.3 Å². The molecule has 1 saturated heterocycles. The highest BCUT2D eigenvalue weighted by Gasteiger charge is 2.21. The first-order chi connectivity index (χ1) is 9.18. The Morgan fingerprint density at radius 2 is 2.05 bits per heavy atom. The van der Waals surface area contributed by atoms with E-state index in [1.54, 1.807) is 17.3 Å². The van der Waals surface area contributed by atoms with Crippen LogP contribution < -0.4 is 5.32 Å². The van der Waals surface area contributed by atoms with Gasteiger partial charge in [-0.1, -0.05) is 0 Å². The zero-order valence-electron chi connectivity index (χ0n) is 11.5. The summed E-state index contributed by atoms with van der Waals surface area (Å²) in [6, 6.07) is 4.10. The molecule has 1 aromatic rings. The van der Waals surface area contributed by atoms with Crippen LogP contribution in [0, 0.1) is 0 Å². The Bertz CT molecular complexity index is 404. The molecule has 1 N–H and O–H groups in total. The monoisotopic (exact) mass is 263 g/mol. The van der Waals surface area contributed by atoms with Gasteiger partial charge in [-0.25, -0.2) is 4.79 Å². The lowest BCUT2D eigenvalue weighted by Gasteiger charge is -2.29. The molecule has 0 radical (unpaired) electrons. The Morgan fingerprint density at radius 1 is 1.42 bits per heavy atom. The zero-order valence-corrected chi connectivity index (χ0v) is 11.5. The summed E-state index contributed by atoms with van der Waals surface area (Å²) in [6.07, 6.45) is 5.28. The maximum Gasteiger partial charge on any atom is 0.317 e. The minimum atomic E-state index is -0.0313. The highest BCUT2D eigenvalue weighted by molar-refractivity contribution is 5.74. The first-order valence-corrected chi connectivity index (χ1v) is 6.69. The minimum Gasteiger partial charge on any atom is -0.381 e. The van der Waals surface area contributed by atoms with Crippen molar-refractivity contribution < 1.29 is 9.53 Å². The van der Waals surface area contributed by atoms with Gasteiger partial charge in [-0.05, 0) is 37.5 Å². The number of nitrogens with one attached hydrogen (secondary N) is 1. The molecule has 0 spiro atoms. The highest BCUT2D eigenvalue weighted by atomic mass is 16.5. The van der Waals surface area contributed by atoms with Crippen molar-refractivity contribution in [2.75, 3.05) is 20.3 Å². The van der Waals surface area contributed by atoms with E-state index in [0.29, 0.717) is 0 Å². The van der Waals surface area contributed by atoms with Gasteiger partial charge < -0.3 is 15.0 Å². The number of pyridine rings is 1. The van der Waals surface area contributed by atoms with Crippen molar-refractivity contribution in [2.45, 2.75) is 31.8 Å². The van der Waals surface area contributed by atoms with Crippen LogP contribution in [0.5, 0.6) is 0 Å². The van der Waals surface area contributed by atoms with E-state index in [1.165, 1.54) is 0 Å². The first kappa shape index (κ1) is 13.8. The Morgan fingerprint density at radius 3 is 2.68 bits per heavy atom. The quantitative estimate of drug-likeness (QED) is 0.907. The van der Waals surface area contributed by atoms with Crippen molar-refractivity contribution in [1.82, 2.24) is 15.2 Å². The molecule has 1 aliphatic heterocycles. The number of hydrogen-bond acceptors (Lipinski definition) is 3. The summed E-state index contributed by atoms with van der Waals surface area (Å²) in [5.41, 5.74) is 1.08. The smallest absolute Gasteiger partial charge is 0.317 e. The number of hydrogen-bond donors (Lipinski definition) is 1. The standard InChI is InChI=1S/C14H21N3O2/c1-11(12-3-7-15-8-4-12)17(2)14(18)16-13-5-9-19-10-6-13/h3-4,7-8,11,13H,5-6,9-10H2,1-2H3,(H,16,18). The molecule has 1 aliphatic rings. The van der Waals surface area contributed by atoms with Gasteiger partial charge in [0.05, 0.1) is 6.04 Å². The molecule has 1 atom stereocenters. The largest absolute Gasteiger partial charge is 0.381 e. The van der Waals surface area contributed by atoms with Gasteiger partial charge in [-0.2, -0.15) is 0 Å². The van der Waals surface area contributed by atoms with E-state index < -0.39 is 0 Å². The molecule has 1 unspecified atom stereocenters. The molecule has 0 saturated carbocycles. The van der Waals surface area contributed by atoms with Gasteiger partial charge in [0.15, 0.2) is 0 Å². The van der Waals surface area contributed by atoms with Gasteiger partial charge in [-0.3, -0.25) is 4.98 Å². The van der Waals surface area contributed by atoms with Crippen molar-refractivity contribution in [2.24, 2.45) is 0 Å².